The monoisotopic (exact) mass is 381 g/mol. The van der Waals surface area contributed by atoms with Crippen LogP contribution in [-0.2, 0) is 4.79 Å². The van der Waals surface area contributed by atoms with Crippen molar-refractivity contribution in [3.8, 4) is 0 Å². The largest absolute Gasteiger partial charge is 0.365 e. The number of aryl methyl sites for hydroxylation is 1. The van der Waals surface area contributed by atoms with Crippen molar-refractivity contribution in [2.45, 2.75) is 19.4 Å². The summed E-state index contributed by atoms with van der Waals surface area (Å²) in [4.78, 5) is 17.6. The number of nitrogens with zero attached hydrogens (tertiary/aromatic N) is 2. The van der Waals surface area contributed by atoms with Crippen LogP contribution in [0.2, 0.25) is 0 Å². The molecule has 1 aliphatic heterocycles. The van der Waals surface area contributed by atoms with E-state index in [9.17, 15) is 13.6 Å². The van der Waals surface area contributed by atoms with Crippen LogP contribution in [0.1, 0.15) is 12.1 Å². The molecule has 1 aromatic heterocycles. The number of pyridine rings is 1. The normalized spacial score (nSPS) is 17.7. The molecule has 0 saturated carbocycles. The smallest absolute Gasteiger partial charge is 0.229 e. The Morgan fingerprint density at radius 1 is 1.26 bits per heavy atom. The van der Waals surface area contributed by atoms with Gasteiger partial charge in [-0.05, 0) is 47.1 Å². The summed E-state index contributed by atoms with van der Waals surface area (Å²) in [5.41, 5.74) is 0.526. The Morgan fingerprint density at radius 3 is 2.61 bits per heavy atom. The van der Waals surface area contributed by atoms with Crippen LogP contribution in [0.25, 0.3) is 0 Å². The van der Waals surface area contributed by atoms with Crippen LogP contribution in [0.4, 0.5) is 20.3 Å². The molecule has 0 aliphatic carbocycles. The maximum absolute atomic E-state index is 13.9. The van der Waals surface area contributed by atoms with Crippen LogP contribution in [0.15, 0.2) is 34.8 Å². The van der Waals surface area contributed by atoms with E-state index in [1.54, 1.807) is 6.07 Å². The van der Waals surface area contributed by atoms with Crippen LogP contribution < -0.4 is 10.2 Å². The zero-order valence-electron chi connectivity index (χ0n) is 12.3. The molecular weight excluding hydrogens is 368 g/mol. The number of para-hydroxylation sites is 1. The third-order valence-corrected chi connectivity index (χ3v) is 4.54. The molecule has 120 valence electrons. The zero-order valence-corrected chi connectivity index (χ0v) is 13.9. The highest BCUT2D eigenvalue weighted by atomic mass is 79.9. The van der Waals surface area contributed by atoms with Crippen molar-refractivity contribution in [2.24, 2.45) is 0 Å². The first-order valence-corrected chi connectivity index (χ1v) is 7.89. The number of nitrogens with one attached hydrogen (secondary N) is 1. The van der Waals surface area contributed by atoms with Crippen molar-refractivity contribution >= 4 is 33.3 Å². The molecule has 0 spiro atoms. The number of benzene rings is 1. The molecule has 1 amide bonds. The fraction of sp³-hybridized carbons (Fsp3) is 0.250. The summed E-state index contributed by atoms with van der Waals surface area (Å²) in [7, 11) is 0. The van der Waals surface area contributed by atoms with Crippen LogP contribution in [0.3, 0.4) is 0 Å². The number of hydrogen-bond acceptors (Lipinski definition) is 3. The molecule has 1 saturated heterocycles. The maximum Gasteiger partial charge on any atom is 0.229 e. The number of carbonyl (C=O) groups excluding carboxylic acids is 1. The standard InChI is InChI=1S/C16H14BrF2N3O/c1-9-11(17)5-6-14(20-9)21-10-7-15(23)22(8-10)16-12(18)3-2-4-13(16)19/h2-6,10H,7-8H2,1H3,(H,20,21). The third kappa shape index (κ3) is 3.19. The summed E-state index contributed by atoms with van der Waals surface area (Å²) in [5.74, 6) is -1.17. The number of amides is 1. The number of carbonyl (C=O) groups is 1. The van der Waals surface area contributed by atoms with E-state index in [2.05, 4.69) is 26.2 Å². The van der Waals surface area contributed by atoms with Gasteiger partial charge in [0, 0.05) is 17.4 Å². The zero-order chi connectivity index (χ0) is 16.6. The summed E-state index contributed by atoms with van der Waals surface area (Å²) in [6, 6.07) is 6.95. The van der Waals surface area contributed by atoms with E-state index in [0.29, 0.717) is 5.82 Å². The van der Waals surface area contributed by atoms with Gasteiger partial charge in [0.25, 0.3) is 0 Å². The summed E-state index contributed by atoms with van der Waals surface area (Å²) in [6.07, 6.45) is 0.157. The SMILES string of the molecule is Cc1nc(NC2CC(=O)N(c3c(F)cccc3F)C2)ccc1Br. The van der Waals surface area contributed by atoms with Crippen LogP contribution in [0, 0.1) is 18.6 Å². The van der Waals surface area contributed by atoms with Crippen molar-refractivity contribution in [2.75, 3.05) is 16.8 Å². The van der Waals surface area contributed by atoms with Crippen LogP contribution in [-0.4, -0.2) is 23.5 Å². The van der Waals surface area contributed by atoms with E-state index in [-0.39, 0.29) is 30.6 Å². The van der Waals surface area contributed by atoms with Gasteiger partial charge in [0.2, 0.25) is 5.91 Å². The first-order chi connectivity index (χ1) is 11.0. The van der Waals surface area contributed by atoms with Gasteiger partial charge in [-0.2, -0.15) is 0 Å². The Labute approximate surface area is 140 Å². The molecule has 1 aliphatic rings. The Morgan fingerprint density at radius 2 is 1.96 bits per heavy atom. The van der Waals surface area contributed by atoms with Gasteiger partial charge in [-0.3, -0.25) is 4.79 Å². The Bertz CT molecular complexity index is 749. The molecule has 1 N–H and O–H groups in total. The minimum Gasteiger partial charge on any atom is -0.365 e. The van der Waals surface area contributed by atoms with Crippen molar-refractivity contribution in [1.29, 1.82) is 0 Å². The lowest BCUT2D eigenvalue weighted by atomic mass is 10.2. The summed E-state index contributed by atoms with van der Waals surface area (Å²) in [6.45, 7) is 2.05. The molecule has 4 nitrogen and oxygen atoms in total. The number of rotatable bonds is 3. The van der Waals surface area contributed by atoms with Gasteiger partial charge in [0.05, 0.1) is 11.7 Å². The molecule has 1 fully saturated rings. The summed E-state index contributed by atoms with van der Waals surface area (Å²) < 4.78 is 28.6. The van der Waals surface area contributed by atoms with E-state index in [1.165, 1.54) is 6.07 Å². The maximum atomic E-state index is 13.9. The number of aromatic nitrogens is 1. The summed E-state index contributed by atoms with van der Waals surface area (Å²) >= 11 is 3.37. The minimum atomic E-state index is -0.739. The lowest BCUT2D eigenvalue weighted by Crippen LogP contribution is -2.29. The van der Waals surface area contributed by atoms with Crippen LogP contribution in [0.5, 0.6) is 0 Å². The number of anilines is 2. The highest BCUT2D eigenvalue weighted by molar-refractivity contribution is 9.10. The highest BCUT2D eigenvalue weighted by Gasteiger charge is 2.33. The molecule has 1 atom stereocenters. The average Bonchev–Trinajstić information content (AvgIpc) is 2.83. The molecular formula is C16H14BrF2N3O. The van der Waals surface area contributed by atoms with Gasteiger partial charge in [-0.1, -0.05) is 6.07 Å². The Kier molecular flexibility index (Phi) is 4.30. The number of hydrogen-bond donors (Lipinski definition) is 1. The minimum absolute atomic E-state index is 0.157. The topological polar surface area (TPSA) is 45.2 Å². The molecule has 23 heavy (non-hydrogen) atoms. The van der Waals surface area contributed by atoms with E-state index in [4.69, 9.17) is 0 Å². The molecule has 0 radical (unpaired) electrons. The first kappa shape index (κ1) is 15.9. The second-order valence-corrected chi connectivity index (χ2v) is 6.24. The first-order valence-electron chi connectivity index (χ1n) is 7.10. The van der Waals surface area contributed by atoms with Crippen molar-refractivity contribution in [3.63, 3.8) is 0 Å². The van der Waals surface area contributed by atoms with Gasteiger partial charge in [-0.25, -0.2) is 13.8 Å². The van der Waals surface area contributed by atoms with E-state index < -0.39 is 11.6 Å². The van der Waals surface area contributed by atoms with Crippen molar-refractivity contribution < 1.29 is 13.6 Å². The van der Waals surface area contributed by atoms with Gasteiger partial charge < -0.3 is 10.2 Å². The fourth-order valence-corrected chi connectivity index (χ4v) is 2.82. The molecule has 7 heteroatoms. The third-order valence-electron chi connectivity index (χ3n) is 3.71. The second kappa shape index (κ2) is 6.23. The molecule has 2 aromatic rings. The highest BCUT2D eigenvalue weighted by Crippen LogP contribution is 2.28. The molecule has 2 heterocycles. The fourth-order valence-electron chi connectivity index (χ4n) is 2.60. The predicted molar refractivity (Wildman–Crippen MR) is 87.4 cm³/mol. The van der Waals surface area contributed by atoms with Gasteiger partial charge in [0.1, 0.15) is 23.1 Å². The van der Waals surface area contributed by atoms with E-state index >= 15 is 0 Å². The Balaban J connectivity index is 1.78. The molecule has 0 bridgehead atoms. The lowest BCUT2D eigenvalue weighted by molar-refractivity contribution is -0.117. The predicted octanol–water partition coefficient (Wildman–Crippen LogP) is 3.65. The quantitative estimate of drug-likeness (QED) is 0.882. The lowest BCUT2D eigenvalue weighted by Gasteiger charge is -2.18. The summed E-state index contributed by atoms with van der Waals surface area (Å²) in [5, 5.41) is 3.14. The molecule has 1 unspecified atom stereocenters. The van der Waals surface area contributed by atoms with Gasteiger partial charge >= 0.3 is 0 Å². The van der Waals surface area contributed by atoms with Crippen molar-refractivity contribution in [1.82, 2.24) is 4.98 Å². The molecule has 1 aromatic carbocycles. The van der Waals surface area contributed by atoms with E-state index in [0.717, 1.165) is 27.2 Å². The Hall–Kier alpha value is -2.02. The van der Waals surface area contributed by atoms with Crippen molar-refractivity contribution in [3.05, 3.63) is 52.1 Å². The van der Waals surface area contributed by atoms with E-state index in [1.807, 2.05) is 13.0 Å². The second-order valence-electron chi connectivity index (χ2n) is 5.38. The van der Waals surface area contributed by atoms with Gasteiger partial charge in [0.15, 0.2) is 0 Å². The average molecular weight is 382 g/mol. The van der Waals surface area contributed by atoms with Gasteiger partial charge in [-0.15, -0.1) is 0 Å². The number of halogens is 3. The molecule has 3 rings (SSSR count). The van der Waals surface area contributed by atoms with Crippen LogP contribution >= 0.6 is 15.9 Å².